The zero-order valence-electron chi connectivity index (χ0n) is 15.1. The molecule has 0 fully saturated rings. The third kappa shape index (κ3) is 4.17. The minimum absolute atomic E-state index is 0.258. The maximum Gasteiger partial charge on any atom is 0.335 e. The lowest BCUT2D eigenvalue weighted by Gasteiger charge is -2.10. The molecule has 0 atom stereocenters. The minimum atomic E-state index is -0.932. The second-order valence-electron chi connectivity index (χ2n) is 6.36. The minimum Gasteiger partial charge on any atom is -0.489 e. The fraction of sp³-hybridized carbons (Fsp3) is 0.136. The average molecular weight is 377 g/mol. The van der Waals surface area contributed by atoms with Gasteiger partial charge in [0, 0.05) is 12.2 Å². The normalized spacial score (nSPS) is 11.9. The highest BCUT2D eigenvalue weighted by atomic mass is 16.7. The van der Waals surface area contributed by atoms with Crippen LogP contribution in [-0.2, 0) is 13.2 Å². The molecule has 0 bridgehead atoms. The molecule has 142 valence electrons. The van der Waals surface area contributed by atoms with Gasteiger partial charge >= 0.3 is 5.97 Å². The number of rotatable bonds is 7. The summed E-state index contributed by atoms with van der Waals surface area (Å²) in [6.07, 6.45) is 0. The maximum atomic E-state index is 10.9. The highest BCUT2D eigenvalue weighted by Gasteiger charge is 2.13. The monoisotopic (exact) mass is 377 g/mol. The van der Waals surface area contributed by atoms with Gasteiger partial charge < -0.3 is 24.6 Å². The Bertz CT molecular complexity index is 984. The zero-order valence-corrected chi connectivity index (χ0v) is 15.1. The molecule has 1 heterocycles. The van der Waals surface area contributed by atoms with E-state index in [1.807, 2.05) is 42.5 Å². The van der Waals surface area contributed by atoms with Crippen LogP contribution in [0.1, 0.15) is 21.5 Å². The molecule has 4 rings (SSSR count). The summed E-state index contributed by atoms with van der Waals surface area (Å²) in [6, 6.07) is 20.3. The van der Waals surface area contributed by atoms with Gasteiger partial charge in [-0.05, 0) is 59.7 Å². The van der Waals surface area contributed by atoms with Crippen molar-refractivity contribution in [1.82, 2.24) is 0 Å². The summed E-state index contributed by atoms with van der Waals surface area (Å²) in [6.45, 7) is 1.30. The largest absolute Gasteiger partial charge is 0.489 e. The summed E-state index contributed by atoms with van der Waals surface area (Å²) >= 11 is 0. The lowest BCUT2D eigenvalue weighted by molar-refractivity contribution is 0.0697. The summed E-state index contributed by atoms with van der Waals surface area (Å²) in [5.41, 5.74) is 3.19. The molecule has 0 saturated heterocycles. The van der Waals surface area contributed by atoms with E-state index in [1.165, 1.54) is 0 Å². The van der Waals surface area contributed by atoms with E-state index >= 15 is 0 Å². The lowest BCUT2D eigenvalue weighted by Crippen LogP contribution is -2.01. The van der Waals surface area contributed by atoms with Gasteiger partial charge in [-0.25, -0.2) is 4.79 Å². The Hall–Kier alpha value is -3.67. The number of carboxylic acids is 1. The van der Waals surface area contributed by atoms with Crippen molar-refractivity contribution in [2.24, 2.45) is 0 Å². The number of hydrogen-bond acceptors (Lipinski definition) is 5. The summed E-state index contributed by atoms with van der Waals surface area (Å²) in [5, 5.41) is 12.2. The smallest absolute Gasteiger partial charge is 0.335 e. The molecule has 2 N–H and O–H groups in total. The van der Waals surface area contributed by atoms with Gasteiger partial charge in [0.2, 0.25) is 6.79 Å². The van der Waals surface area contributed by atoms with E-state index in [2.05, 4.69) is 5.32 Å². The van der Waals surface area contributed by atoms with E-state index in [4.69, 9.17) is 19.3 Å². The molecule has 3 aromatic rings. The molecule has 0 aliphatic carbocycles. The second-order valence-corrected chi connectivity index (χ2v) is 6.36. The topological polar surface area (TPSA) is 77.0 Å². The van der Waals surface area contributed by atoms with Crippen molar-refractivity contribution in [3.8, 4) is 17.2 Å². The third-order valence-corrected chi connectivity index (χ3v) is 4.37. The Balaban J connectivity index is 1.34. The van der Waals surface area contributed by atoms with Crippen LogP contribution in [0.5, 0.6) is 17.2 Å². The molecule has 1 aliphatic heterocycles. The molecule has 0 saturated carbocycles. The van der Waals surface area contributed by atoms with Crippen LogP contribution in [0.2, 0.25) is 0 Å². The highest BCUT2D eigenvalue weighted by molar-refractivity contribution is 5.87. The fourth-order valence-electron chi connectivity index (χ4n) is 2.88. The van der Waals surface area contributed by atoms with E-state index in [0.717, 1.165) is 34.1 Å². The molecule has 0 amide bonds. The molecule has 1 aliphatic rings. The molecule has 0 aromatic heterocycles. The Morgan fingerprint density at radius 2 is 1.79 bits per heavy atom. The van der Waals surface area contributed by atoms with Crippen molar-refractivity contribution in [1.29, 1.82) is 0 Å². The van der Waals surface area contributed by atoms with E-state index < -0.39 is 5.97 Å². The van der Waals surface area contributed by atoms with Crippen molar-refractivity contribution in [2.45, 2.75) is 13.2 Å². The molecule has 6 nitrogen and oxygen atoms in total. The average Bonchev–Trinajstić information content (AvgIpc) is 3.19. The number of nitrogens with one attached hydrogen (secondary N) is 1. The first-order valence-corrected chi connectivity index (χ1v) is 8.85. The van der Waals surface area contributed by atoms with Gasteiger partial charge in [-0.2, -0.15) is 0 Å². The van der Waals surface area contributed by atoms with E-state index in [0.29, 0.717) is 13.2 Å². The van der Waals surface area contributed by atoms with Gasteiger partial charge in [0.15, 0.2) is 11.5 Å². The van der Waals surface area contributed by atoms with Crippen molar-refractivity contribution < 1.29 is 24.1 Å². The van der Waals surface area contributed by atoms with Gasteiger partial charge in [-0.3, -0.25) is 0 Å². The number of fused-ring (bicyclic) bond motifs is 1. The van der Waals surface area contributed by atoms with Crippen molar-refractivity contribution in [2.75, 3.05) is 12.1 Å². The number of benzene rings is 3. The van der Waals surface area contributed by atoms with Gasteiger partial charge in [-0.15, -0.1) is 0 Å². The van der Waals surface area contributed by atoms with Crippen molar-refractivity contribution >= 4 is 11.7 Å². The van der Waals surface area contributed by atoms with Crippen LogP contribution in [0.15, 0.2) is 66.7 Å². The number of hydrogen-bond donors (Lipinski definition) is 2. The van der Waals surface area contributed by atoms with Gasteiger partial charge in [0.25, 0.3) is 0 Å². The van der Waals surface area contributed by atoms with Gasteiger partial charge in [0.1, 0.15) is 12.4 Å². The summed E-state index contributed by atoms with van der Waals surface area (Å²) in [4.78, 5) is 10.9. The first-order chi connectivity index (χ1) is 13.7. The quantitative estimate of drug-likeness (QED) is 0.639. The highest BCUT2D eigenvalue weighted by Crippen LogP contribution is 2.32. The lowest BCUT2D eigenvalue weighted by atomic mass is 10.2. The molecule has 0 radical (unpaired) electrons. The summed E-state index contributed by atoms with van der Waals surface area (Å²) < 4.78 is 16.6. The molecule has 0 unspecified atom stereocenters. The first kappa shape index (κ1) is 17.7. The van der Waals surface area contributed by atoms with Crippen molar-refractivity contribution in [3.05, 3.63) is 83.4 Å². The van der Waals surface area contributed by atoms with Gasteiger partial charge in [0.05, 0.1) is 5.56 Å². The van der Waals surface area contributed by atoms with Crippen LogP contribution in [0.25, 0.3) is 0 Å². The number of carbonyl (C=O) groups is 1. The van der Waals surface area contributed by atoms with Crippen molar-refractivity contribution in [3.63, 3.8) is 0 Å². The summed E-state index contributed by atoms with van der Waals surface area (Å²) in [5.74, 6) is 1.35. The fourth-order valence-corrected chi connectivity index (χ4v) is 2.88. The molecular formula is C22H19NO5. The number of aromatic carboxylic acids is 1. The van der Waals surface area contributed by atoms with E-state index in [-0.39, 0.29) is 12.4 Å². The summed E-state index contributed by atoms with van der Waals surface area (Å²) in [7, 11) is 0. The standard InChI is InChI=1S/C22H19NO5/c24-22(25)17-5-7-18(8-6-17)23-12-15-2-1-3-19(10-15)26-13-16-4-9-20-21(11-16)28-14-27-20/h1-11,23H,12-14H2,(H,24,25). The van der Waals surface area contributed by atoms with Crippen LogP contribution >= 0.6 is 0 Å². The van der Waals surface area contributed by atoms with E-state index in [9.17, 15) is 4.79 Å². The second kappa shape index (κ2) is 7.92. The molecular weight excluding hydrogens is 358 g/mol. The van der Waals surface area contributed by atoms with Crippen LogP contribution in [0, 0.1) is 0 Å². The molecule has 3 aromatic carbocycles. The number of ether oxygens (including phenoxy) is 3. The van der Waals surface area contributed by atoms with Crippen LogP contribution < -0.4 is 19.5 Å². The van der Waals surface area contributed by atoms with Gasteiger partial charge in [-0.1, -0.05) is 18.2 Å². The maximum absolute atomic E-state index is 10.9. The van der Waals surface area contributed by atoms with Crippen LogP contribution in [0.4, 0.5) is 5.69 Å². The predicted octanol–water partition coefficient (Wildman–Crippen LogP) is 4.30. The predicted molar refractivity (Wildman–Crippen MR) is 104 cm³/mol. The molecule has 0 spiro atoms. The van der Waals surface area contributed by atoms with Crippen LogP contribution in [-0.4, -0.2) is 17.9 Å². The Morgan fingerprint density at radius 1 is 0.964 bits per heavy atom. The third-order valence-electron chi connectivity index (χ3n) is 4.37. The first-order valence-electron chi connectivity index (χ1n) is 8.85. The molecule has 6 heteroatoms. The Kier molecular flexibility index (Phi) is 5.01. The molecule has 28 heavy (non-hydrogen) atoms. The number of carboxylic acid groups (broad SMARTS) is 1. The zero-order chi connectivity index (χ0) is 19.3. The number of anilines is 1. The SMILES string of the molecule is O=C(O)c1ccc(NCc2cccc(OCc3ccc4c(c3)OCO4)c2)cc1. The Morgan fingerprint density at radius 3 is 2.61 bits per heavy atom. The van der Waals surface area contributed by atoms with E-state index in [1.54, 1.807) is 24.3 Å². The Labute approximate surface area is 162 Å². The van der Waals surface area contributed by atoms with Crippen LogP contribution in [0.3, 0.4) is 0 Å².